The Kier molecular flexibility index (Phi) is 3.57. The molecule has 1 rings (SSSR count). The van der Waals surface area contributed by atoms with Crippen molar-refractivity contribution in [1.29, 1.82) is 0 Å². The third kappa shape index (κ3) is 3.79. The van der Waals surface area contributed by atoms with Crippen LogP contribution in [0.5, 0.6) is 0 Å². The Morgan fingerprint density at radius 3 is 2.60 bits per heavy atom. The van der Waals surface area contributed by atoms with Crippen LogP contribution >= 0.6 is 11.6 Å². The summed E-state index contributed by atoms with van der Waals surface area (Å²) in [7, 11) is 0. The number of carbonyl (C=O) groups excluding carboxylic acids is 1. The molecule has 0 saturated carbocycles. The number of hydrogen-bond donors (Lipinski definition) is 1. The molecule has 0 spiro atoms. The van der Waals surface area contributed by atoms with E-state index in [-0.39, 0.29) is 6.54 Å². The third-order valence-electron chi connectivity index (χ3n) is 1.60. The summed E-state index contributed by atoms with van der Waals surface area (Å²) >= 11 is 5.62. The van der Waals surface area contributed by atoms with Gasteiger partial charge in [-0.25, -0.2) is 0 Å². The normalized spacial score (nSPS) is 11.2. The Morgan fingerprint density at radius 1 is 1.40 bits per heavy atom. The predicted octanol–water partition coefficient (Wildman–Crippen LogP) is 2.52. The second kappa shape index (κ2) is 4.53. The highest BCUT2D eigenvalue weighted by atomic mass is 35.5. The van der Waals surface area contributed by atoms with Crippen LogP contribution in [0, 0.1) is 0 Å². The van der Waals surface area contributed by atoms with Gasteiger partial charge in [-0.1, -0.05) is 23.7 Å². The minimum Gasteiger partial charge on any atom is -0.344 e. The summed E-state index contributed by atoms with van der Waals surface area (Å²) in [4.78, 5) is 10.5. The molecule has 1 aromatic carbocycles. The number of nitrogens with one attached hydrogen (secondary N) is 1. The first-order valence-corrected chi connectivity index (χ1v) is 4.37. The molecule has 0 radical (unpaired) electrons. The first-order chi connectivity index (χ1) is 6.89. The van der Waals surface area contributed by atoms with Crippen LogP contribution in [-0.2, 0) is 11.3 Å². The van der Waals surface area contributed by atoms with Crippen molar-refractivity contribution in [2.24, 2.45) is 0 Å². The third-order valence-corrected chi connectivity index (χ3v) is 1.83. The van der Waals surface area contributed by atoms with E-state index in [0.717, 1.165) is 0 Å². The molecular weight excluding hydrogens is 231 g/mol. The van der Waals surface area contributed by atoms with Gasteiger partial charge >= 0.3 is 12.1 Å². The van der Waals surface area contributed by atoms with E-state index < -0.39 is 12.1 Å². The summed E-state index contributed by atoms with van der Waals surface area (Å²) in [5.41, 5.74) is 0.514. The van der Waals surface area contributed by atoms with Gasteiger partial charge in [-0.2, -0.15) is 13.2 Å². The van der Waals surface area contributed by atoms with Crippen molar-refractivity contribution in [3.05, 3.63) is 34.9 Å². The van der Waals surface area contributed by atoms with Gasteiger partial charge < -0.3 is 5.32 Å². The summed E-state index contributed by atoms with van der Waals surface area (Å²) in [6, 6.07) is 6.24. The second-order valence-corrected chi connectivity index (χ2v) is 3.25. The lowest BCUT2D eigenvalue weighted by molar-refractivity contribution is -0.173. The van der Waals surface area contributed by atoms with E-state index in [4.69, 9.17) is 11.6 Å². The van der Waals surface area contributed by atoms with Crippen molar-refractivity contribution in [3.8, 4) is 0 Å². The molecule has 0 aromatic heterocycles. The van der Waals surface area contributed by atoms with Crippen LogP contribution < -0.4 is 5.32 Å². The Labute approximate surface area is 89.0 Å². The first-order valence-electron chi connectivity index (χ1n) is 3.99. The molecule has 0 fully saturated rings. The highest BCUT2D eigenvalue weighted by Crippen LogP contribution is 2.15. The largest absolute Gasteiger partial charge is 0.471 e. The Hall–Kier alpha value is -1.23. The van der Waals surface area contributed by atoms with Crippen LogP contribution in [-0.4, -0.2) is 12.1 Å². The molecular formula is C9H7ClF3NO. The molecule has 0 saturated heterocycles. The molecule has 1 aromatic rings. The van der Waals surface area contributed by atoms with Gasteiger partial charge in [-0.15, -0.1) is 0 Å². The average molecular weight is 238 g/mol. The SMILES string of the molecule is O=C(NCc1cccc(Cl)c1)C(F)(F)F. The molecule has 2 nitrogen and oxygen atoms in total. The number of benzene rings is 1. The lowest BCUT2D eigenvalue weighted by Crippen LogP contribution is -2.36. The fourth-order valence-corrected chi connectivity index (χ4v) is 1.14. The predicted molar refractivity (Wildman–Crippen MR) is 49.4 cm³/mol. The fourth-order valence-electron chi connectivity index (χ4n) is 0.929. The lowest BCUT2D eigenvalue weighted by Gasteiger charge is -2.07. The summed E-state index contributed by atoms with van der Waals surface area (Å²) < 4.78 is 35.4. The van der Waals surface area contributed by atoms with Gasteiger partial charge in [0.15, 0.2) is 0 Å². The molecule has 15 heavy (non-hydrogen) atoms. The van der Waals surface area contributed by atoms with Gasteiger partial charge in [0, 0.05) is 11.6 Å². The molecule has 1 amide bonds. The summed E-state index contributed by atoms with van der Waals surface area (Å²) in [5.74, 6) is -1.96. The van der Waals surface area contributed by atoms with Crippen molar-refractivity contribution >= 4 is 17.5 Å². The Bertz CT molecular complexity index is 365. The van der Waals surface area contributed by atoms with Crippen LogP contribution in [0.1, 0.15) is 5.56 Å². The topological polar surface area (TPSA) is 29.1 Å². The number of alkyl halides is 3. The van der Waals surface area contributed by atoms with Crippen molar-refractivity contribution in [2.45, 2.75) is 12.7 Å². The van der Waals surface area contributed by atoms with Gasteiger partial charge in [-0.3, -0.25) is 4.79 Å². The van der Waals surface area contributed by atoms with E-state index >= 15 is 0 Å². The fraction of sp³-hybridized carbons (Fsp3) is 0.222. The van der Waals surface area contributed by atoms with Crippen molar-refractivity contribution in [3.63, 3.8) is 0 Å². The number of rotatable bonds is 2. The zero-order chi connectivity index (χ0) is 11.5. The highest BCUT2D eigenvalue weighted by molar-refractivity contribution is 6.30. The smallest absolute Gasteiger partial charge is 0.344 e. The zero-order valence-electron chi connectivity index (χ0n) is 7.44. The second-order valence-electron chi connectivity index (χ2n) is 2.81. The number of hydrogen-bond acceptors (Lipinski definition) is 1. The van der Waals surface area contributed by atoms with Gasteiger partial charge in [-0.05, 0) is 17.7 Å². The molecule has 1 N–H and O–H groups in total. The maximum Gasteiger partial charge on any atom is 0.471 e. The Balaban J connectivity index is 2.55. The average Bonchev–Trinajstić information content (AvgIpc) is 2.12. The maximum absolute atomic E-state index is 11.8. The summed E-state index contributed by atoms with van der Waals surface area (Å²) in [5, 5.41) is 2.15. The summed E-state index contributed by atoms with van der Waals surface area (Å²) in [6.07, 6.45) is -4.85. The van der Waals surface area contributed by atoms with Crippen molar-refractivity contribution in [1.82, 2.24) is 5.32 Å². The zero-order valence-corrected chi connectivity index (χ0v) is 8.19. The van der Waals surface area contributed by atoms with Crippen LogP contribution in [0.15, 0.2) is 24.3 Å². The molecule has 0 aliphatic carbocycles. The molecule has 0 aliphatic heterocycles. The maximum atomic E-state index is 11.8. The van der Waals surface area contributed by atoms with E-state index in [9.17, 15) is 18.0 Å². The van der Waals surface area contributed by atoms with Crippen LogP contribution in [0.2, 0.25) is 5.02 Å². The molecule has 0 heterocycles. The van der Waals surface area contributed by atoms with Crippen molar-refractivity contribution < 1.29 is 18.0 Å². The molecule has 0 unspecified atom stereocenters. The molecule has 0 aliphatic rings. The Morgan fingerprint density at radius 2 is 2.07 bits per heavy atom. The van der Waals surface area contributed by atoms with Crippen LogP contribution in [0.4, 0.5) is 13.2 Å². The minimum atomic E-state index is -4.85. The van der Waals surface area contributed by atoms with Crippen LogP contribution in [0.25, 0.3) is 0 Å². The first kappa shape index (κ1) is 11.8. The highest BCUT2D eigenvalue weighted by Gasteiger charge is 2.38. The van der Waals surface area contributed by atoms with E-state index in [1.54, 1.807) is 23.5 Å². The van der Waals surface area contributed by atoms with E-state index in [2.05, 4.69) is 0 Å². The monoisotopic (exact) mass is 237 g/mol. The van der Waals surface area contributed by atoms with E-state index in [1.165, 1.54) is 6.07 Å². The quantitative estimate of drug-likeness (QED) is 0.841. The number of halogens is 4. The van der Waals surface area contributed by atoms with E-state index in [1.807, 2.05) is 0 Å². The molecule has 0 bridgehead atoms. The molecule has 6 heteroatoms. The van der Waals surface area contributed by atoms with E-state index in [0.29, 0.717) is 10.6 Å². The molecule has 82 valence electrons. The van der Waals surface area contributed by atoms with Crippen molar-refractivity contribution in [2.75, 3.05) is 0 Å². The number of carbonyl (C=O) groups is 1. The number of amides is 1. The van der Waals surface area contributed by atoms with Gasteiger partial charge in [0.1, 0.15) is 0 Å². The standard InChI is InChI=1S/C9H7ClF3NO/c10-7-3-1-2-6(4-7)5-14-8(15)9(11,12)13/h1-4H,5H2,(H,14,15). The van der Waals surface area contributed by atoms with Gasteiger partial charge in [0.2, 0.25) is 0 Å². The lowest BCUT2D eigenvalue weighted by atomic mass is 10.2. The minimum absolute atomic E-state index is 0.196. The van der Waals surface area contributed by atoms with Gasteiger partial charge in [0.25, 0.3) is 0 Å². The van der Waals surface area contributed by atoms with Gasteiger partial charge in [0.05, 0.1) is 0 Å². The van der Waals surface area contributed by atoms with Crippen LogP contribution in [0.3, 0.4) is 0 Å². The summed E-state index contributed by atoms with van der Waals surface area (Å²) in [6.45, 7) is -0.196. The molecule has 0 atom stereocenters.